The Morgan fingerprint density at radius 3 is 2.89 bits per heavy atom. The molecule has 0 unspecified atom stereocenters. The summed E-state index contributed by atoms with van der Waals surface area (Å²) in [5.41, 5.74) is 1.55. The van der Waals surface area contributed by atoms with Crippen LogP contribution in [0.2, 0.25) is 5.02 Å². The third kappa shape index (κ3) is 1.87. The number of rotatable bonds is 3. The number of hydrogen-bond donors (Lipinski definition) is 1. The minimum absolute atomic E-state index is 0.132. The zero-order valence-electron chi connectivity index (χ0n) is 9.82. The molecular weight excluding hydrogens is 321 g/mol. The Hall–Kier alpha value is -0.580. The molecule has 0 radical (unpaired) electrons. The van der Waals surface area contributed by atoms with Crippen molar-refractivity contribution in [1.82, 2.24) is 5.32 Å². The molecule has 1 heterocycles. The molecule has 0 spiro atoms. The Labute approximate surface area is 118 Å². The molecule has 18 heavy (non-hydrogen) atoms. The van der Waals surface area contributed by atoms with E-state index in [9.17, 15) is 4.39 Å². The van der Waals surface area contributed by atoms with E-state index in [1.165, 1.54) is 0 Å². The largest absolute Gasteiger partial charge is 0.458 e. The van der Waals surface area contributed by atoms with Crippen LogP contribution in [-0.4, -0.2) is 7.05 Å². The van der Waals surface area contributed by atoms with Crippen LogP contribution in [0, 0.1) is 5.82 Å². The summed E-state index contributed by atoms with van der Waals surface area (Å²) in [5, 5.41) is 3.73. The first kappa shape index (κ1) is 12.5. The molecule has 2 nitrogen and oxygen atoms in total. The van der Waals surface area contributed by atoms with E-state index in [0.717, 1.165) is 24.2 Å². The Kier molecular flexibility index (Phi) is 3.12. The lowest BCUT2D eigenvalue weighted by Gasteiger charge is -2.01. The van der Waals surface area contributed by atoms with E-state index >= 15 is 0 Å². The van der Waals surface area contributed by atoms with Gasteiger partial charge < -0.3 is 9.73 Å². The predicted molar refractivity (Wildman–Crippen MR) is 73.6 cm³/mol. The molecular formula is C13H12BrClFNO. The minimum Gasteiger partial charge on any atom is -0.458 e. The highest BCUT2D eigenvalue weighted by Gasteiger charge is 2.33. The van der Waals surface area contributed by atoms with E-state index in [1.54, 1.807) is 6.07 Å². The molecule has 0 saturated heterocycles. The highest BCUT2D eigenvalue weighted by atomic mass is 79.9. The molecule has 1 aliphatic rings. The first-order chi connectivity index (χ1) is 8.63. The molecule has 1 fully saturated rings. The summed E-state index contributed by atoms with van der Waals surface area (Å²) < 4.78 is 20.7. The van der Waals surface area contributed by atoms with Crippen LogP contribution in [0.1, 0.15) is 30.1 Å². The third-order valence-corrected chi connectivity index (χ3v) is 4.11. The zero-order valence-corrected chi connectivity index (χ0v) is 12.2. The molecule has 3 rings (SSSR count). The van der Waals surface area contributed by atoms with Crippen LogP contribution in [0.5, 0.6) is 0 Å². The van der Waals surface area contributed by atoms with E-state index < -0.39 is 0 Å². The first-order valence-electron chi connectivity index (χ1n) is 5.86. The Balaban J connectivity index is 2.34. The van der Waals surface area contributed by atoms with Gasteiger partial charge in [0, 0.05) is 5.56 Å². The second-order valence-corrected chi connectivity index (χ2v) is 5.86. The van der Waals surface area contributed by atoms with Crippen molar-refractivity contribution in [3.63, 3.8) is 0 Å². The molecule has 0 aliphatic heterocycles. The van der Waals surface area contributed by atoms with Crippen molar-refractivity contribution in [3.8, 4) is 0 Å². The number of halogens is 3. The molecule has 0 amide bonds. The van der Waals surface area contributed by atoms with Crippen molar-refractivity contribution in [1.29, 1.82) is 0 Å². The summed E-state index contributed by atoms with van der Waals surface area (Å²) >= 11 is 9.30. The highest BCUT2D eigenvalue weighted by molar-refractivity contribution is 9.10. The second kappa shape index (κ2) is 4.51. The lowest BCUT2D eigenvalue weighted by Crippen LogP contribution is -2.05. The van der Waals surface area contributed by atoms with Crippen LogP contribution in [0.15, 0.2) is 15.0 Å². The smallest absolute Gasteiger partial charge is 0.153 e. The van der Waals surface area contributed by atoms with E-state index in [4.69, 9.17) is 16.0 Å². The average Bonchev–Trinajstić information content (AvgIpc) is 3.09. The molecule has 1 saturated carbocycles. The summed E-state index contributed by atoms with van der Waals surface area (Å²) in [4.78, 5) is 0. The molecule has 1 aromatic heterocycles. The normalized spacial score (nSPS) is 15.6. The number of hydrogen-bond acceptors (Lipinski definition) is 2. The van der Waals surface area contributed by atoms with Crippen LogP contribution in [0.4, 0.5) is 4.39 Å². The van der Waals surface area contributed by atoms with Gasteiger partial charge >= 0.3 is 0 Å². The molecule has 5 heteroatoms. The van der Waals surface area contributed by atoms with Gasteiger partial charge in [-0.1, -0.05) is 11.6 Å². The van der Waals surface area contributed by atoms with Gasteiger partial charge in [0.05, 0.1) is 21.4 Å². The number of benzene rings is 1. The third-order valence-electron chi connectivity index (χ3n) is 3.24. The fourth-order valence-corrected chi connectivity index (χ4v) is 3.18. The van der Waals surface area contributed by atoms with Crippen molar-refractivity contribution in [2.24, 2.45) is 0 Å². The SMILES string of the molecule is CNCc1oc2c(Br)cc(Cl)c(F)c2c1C1CC1. The number of furan rings is 1. The maximum absolute atomic E-state index is 14.2. The standard InChI is InChI=1S/C13H12BrClFNO/c1-17-5-9-10(6-2-3-6)11-12(16)8(15)4-7(14)13(11)18-9/h4,6,17H,2-3,5H2,1H3. The predicted octanol–water partition coefficient (Wildman–Crippen LogP) is 4.58. The van der Waals surface area contributed by atoms with Gasteiger partial charge in [-0.3, -0.25) is 0 Å². The first-order valence-corrected chi connectivity index (χ1v) is 7.04. The summed E-state index contributed by atoms with van der Waals surface area (Å²) in [6.07, 6.45) is 2.18. The summed E-state index contributed by atoms with van der Waals surface area (Å²) in [5.74, 6) is 0.856. The van der Waals surface area contributed by atoms with Gasteiger partial charge in [0.2, 0.25) is 0 Å². The average molecular weight is 333 g/mol. The highest BCUT2D eigenvalue weighted by Crippen LogP contribution is 2.48. The van der Waals surface area contributed by atoms with Gasteiger partial charge in [-0.2, -0.15) is 0 Å². The fourth-order valence-electron chi connectivity index (χ4n) is 2.33. The van der Waals surface area contributed by atoms with Crippen LogP contribution in [0.25, 0.3) is 11.0 Å². The molecule has 2 aromatic rings. The van der Waals surface area contributed by atoms with Crippen LogP contribution in [-0.2, 0) is 6.54 Å². The Bertz CT molecular complexity index is 621. The van der Waals surface area contributed by atoms with Gasteiger partial charge in [0.25, 0.3) is 0 Å². The summed E-state index contributed by atoms with van der Waals surface area (Å²) in [7, 11) is 1.85. The van der Waals surface area contributed by atoms with Crippen LogP contribution in [0.3, 0.4) is 0 Å². The van der Waals surface area contributed by atoms with Crippen molar-refractivity contribution in [2.45, 2.75) is 25.3 Å². The molecule has 1 aromatic carbocycles. The van der Waals surface area contributed by atoms with Gasteiger partial charge in [-0.25, -0.2) is 4.39 Å². The Morgan fingerprint density at radius 1 is 1.56 bits per heavy atom. The monoisotopic (exact) mass is 331 g/mol. The van der Waals surface area contributed by atoms with Crippen molar-refractivity contribution >= 4 is 38.5 Å². The van der Waals surface area contributed by atoms with Gasteiger partial charge in [0.15, 0.2) is 11.4 Å². The van der Waals surface area contributed by atoms with E-state index in [0.29, 0.717) is 27.9 Å². The van der Waals surface area contributed by atoms with Crippen molar-refractivity contribution in [2.75, 3.05) is 7.05 Å². The van der Waals surface area contributed by atoms with Gasteiger partial charge in [-0.15, -0.1) is 0 Å². The van der Waals surface area contributed by atoms with Gasteiger partial charge in [-0.05, 0) is 47.8 Å². The summed E-state index contributed by atoms with van der Waals surface area (Å²) in [6.45, 7) is 0.601. The molecule has 0 atom stereocenters. The quantitative estimate of drug-likeness (QED) is 0.832. The zero-order chi connectivity index (χ0) is 12.9. The topological polar surface area (TPSA) is 25.2 Å². The van der Waals surface area contributed by atoms with Crippen LogP contribution < -0.4 is 5.32 Å². The van der Waals surface area contributed by atoms with E-state index in [-0.39, 0.29) is 10.8 Å². The van der Waals surface area contributed by atoms with E-state index in [1.807, 2.05) is 7.05 Å². The summed E-state index contributed by atoms with van der Waals surface area (Å²) in [6, 6.07) is 1.54. The minimum atomic E-state index is -0.372. The molecule has 1 aliphatic carbocycles. The van der Waals surface area contributed by atoms with Crippen molar-refractivity contribution in [3.05, 3.63) is 32.7 Å². The Morgan fingerprint density at radius 2 is 2.28 bits per heavy atom. The van der Waals surface area contributed by atoms with Crippen molar-refractivity contribution < 1.29 is 8.81 Å². The number of fused-ring (bicyclic) bond motifs is 1. The lowest BCUT2D eigenvalue weighted by atomic mass is 10.1. The molecule has 96 valence electrons. The fraction of sp³-hybridized carbons (Fsp3) is 0.385. The maximum Gasteiger partial charge on any atom is 0.153 e. The van der Waals surface area contributed by atoms with Gasteiger partial charge in [0.1, 0.15) is 5.76 Å². The molecule has 1 N–H and O–H groups in total. The number of nitrogens with one attached hydrogen (secondary N) is 1. The van der Waals surface area contributed by atoms with Crippen LogP contribution >= 0.6 is 27.5 Å². The lowest BCUT2D eigenvalue weighted by molar-refractivity contribution is 0.523. The maximum atomic E-state index is 14.2. The van der Waals surface area contributed by atoms with E-state index in [2.05, 4.69) is 21.2 Å². The molecule has 0 bridgehead atoms. The second-order valence-electron chi connectivity index (χ2n) is 4.60.